The van der Waals surface area contributed by atoms with E-state index in [4.69, 9.17) is 5.84 Å². The Morgan fingerprint density at radius 3 is 2.61 bits per heavy atom. The maximum atomic E-state index is 12.3. The molecular formula is C13H18F2N2O. The van der Waals surface area contributed by atoms with Crippen molar-refractivity contribution >= 4 is 0 Å². The van der Waals surface area contributed by atoms with E-state index >= 15 is 0 Å². The van der Waals surface area contributed by atoms with Crippen LogP contribution in [0.15, 0.2) is 24.3 Å². The Morgan fingerprint density at radius 1 is 1.33 bits per heavy atom. The van der Waals surface area contributed by atoms with Crippen LogP contribution in [0.1, 0.15) is 37.3 Å². The fourth-order valence-corrected chi connectivity index (χ4v) is 2.32. The molecule has 3 N–H and O–H groups in total. The first-order valence-electron chi connectivity index (χ1n) is 6.20. The van der Waals surface area contributed by atoms with E-state index in [0.717, 1.165) is 6.42 Å². The Kier molecular flexibility index (Phi) is 4.49. The zero-order chi connectivity index (χ0) is 13.0. The third-order valence-corrected chi connectivity index (χ3v) is 3.51. The number of nitrogens with two attached hydrogens (primary N) is 1. The van der Waals surface area contributed by atoms with Crippen molar-refractivity contribution in [1.82, 2.24) is 5.43 Å². The average Bonchev–Trinajstić information content (AvgIpc) is 2.29. The average molecular weight is 256 g/mol. The van der Waals surface area contributed by atoms with Gasteiger partial charge in [0.05, 0.1) is 0 Å². The molecule has 0 radical (unpaired) electrons. The van der Waals surface area contributed by atoms with Gasteiger partial charge in [-0.05, 0) is 18.4 Å². The summed E-state index contributed by atoms with van der Waals surface area (Å²) in [5.41, 5.74) is 3.41. The molecule has 0 bridgehead atoms. The van der Waals surface area contributed by atoms with Gasteiger partial charge in [-0.3, -0.25) is 11.3 Å². The van der Waals surface area contributed by atoms with E-state index in [0.29, 0.717) is 11.5 Å². The van der Waals surface area contributed by atoms with E-state index in [2.05, 4.69) is 10.2 Å². The number of hydrogen-bond donors (Lipinski definition) is 2. The van der Waals surface area contributed by atoms with Gasteiger partial charge >= 0.3 is 6.61 Å². The highest BCUT2D eigenvalue weighted by Crippen LogP contribution is 2.37. The van der Waals surface area contributed by atoms with Crippen LogP contribution >= 0.6 is 0 Å². The molecule has 0 saturated heterocycles. The Labute approximate surface area is 105 Å². The molecule has 1 unspecified atom stereocenters. The quantitative estimate of drug-likeness (QED) is 0.607. The molecule has 0 aromatic heterocycles. The monoisotopic (exact) mass is 256 g/mol. The number of rotatable bonds is 6. The van der Waals surface area contributed by atoms with Gasteiger partial charge in [0.2, 0.25) is 0 Å². The van der Waals surface area contributed by atoms with Gasteiger partial charge in [0.15, 0.2) is 0 Å². The molecule has 1 aromatic carbocycles. The minimum Gasteiger partial charge on any atom is -0.434 e. The second-order valence-corrected chi connectivity index (χ2v) is 4.67. The normalized spacial score (nSPS) is 17.6. The summed E-state index contributed by atoms with van der Waals surface area (Å²) in [6.07, 6.45) is 4.49. The summed E-state index contributed by atoms with van der Waals surface area (Å²) in [6, 6.07) is 6.68. The molecular weight excluding hydrogens is 238 g/mol. The van der Waals surface area contributed by atoms with Crippen LogP contribution in [0.25, 0.3) is 0 Å². The lowest BCUT2D eigenvalue weighted by molar-refractivity contribution is -0.0508. The van der Waals surface area contributed by atoms with E-state index in [-0.39, 0.29) is 11.8 Å². The van der Waals surface area contributed by atoms with Crippen LogP contribution in [0.4, 0.5) is 8.78 Å². The molecule has 1 aliphatic carbocycles. The van der Waals surface area contributed by atoms with Crippen LogP contribution in [0.3, 0.4) is 0 Å². The highest BCUT2D eigenvalue weighted by Gasteiger charge is 2.24. The summed E-state index contributed by atoms with van der Waals surface area (Å²) in [5.74, 6) is 6.37. The maximum absolute atomic E-state index is 12.3. The number of ether oxygens (including phenoxy) is 1. The van der Waals surface area contributed by atoms with E-state index in [1.54, 1.807) is 24.3 Å². The number of hydrazine groups is 1. The zero-order valence-electron chi connectivity index (χ0n) is 10.1. The highest BCUT2D eigenvalue weighted by molar-refractivity contribution is 5.36. The standard InChI is InChI=1S/C13H18F2N2O/c14-13(15)18-12-7-2-1-6-10(12)11(17-16)8-9-4-3-5-9/h1-2,6-7,9,11,13,17H,3-5,8,16H2. The van der Waals surface area contributed by atoms with Crippen molar-refractivity contribution in [3.63, 3.8) is 0 Å². The largest absolute Gasteiger partial charge is 0.434 e. The Balaban J connectivity index is 2.12. The second kappa shape index (κ2) is 6.11. The summed E-state index contributed by atoms with van der Waals surface area (Å²) >= 11 is 0. The lowest BCUT2D eigenvalue weighted by Crippen LogP contribution is -2.31. The van der Waals surface area contributed by atoms with Gasteiger partial charge in [-0.1, -0.05) is 37.5 Å². The van der Waals surface area contributed by atoms with Crippen molar-refractivity contribution in [2.75, 3.05) is 0 Å². The van der Waals surface area contributed by atoms with Gasteiger partial charge in [0.25, 0.3) is 0 Å². The van der Waals surface area contributed by atoms with Crippen molar-refractivity contribution in [3.05, 3.63) is 29.8 Å². The van der Waals surface area contributed by atoms with Gasteiger partial charge in [-0.2, -0.15) is 8.78 Å². The molecule has 2 rings (SSSR count). The van der Waals surface area contributed by atoms with Crippen molar-refractivity contribution in [2.45, 2.75) is 38.3 Å². The third-order valence-electron chi connectivity index (χ3n) is 3.51. The zero-order valence-corrected chi connectivity index (χ0v) is 10.1. The number of hydrogen-bond acceptors (Lipinski definition) is 3. The lowest BCUT2D eigenvalue weighted by Gasteiger charge is -2.30. The van der Waals surface area contributed by atoms with Crippen LogP contribution in [0.5, 0.6) is 5.75 Å². The number of alkyl halides is 2. The Bertz CT molecular complexity index is 383. The molecule has 0 spiro atoms. The van der Waals surface area contributed by atoms with Gasteiger partial charge in [-0.25, -0.2) is 0 Å². The van der Waals surface area contributed by atoms with Crippen molar-refractivity contribution in [3.8, 4) is 5.75 Å². The van der Waals surface area contributed by atoms with Gasteiger partial charge in [-0.15, -0.1) is 0 Å². The van der Waals surface area contributed by atoms with Gasteiger partial charge in [0, 0.05) is 11.6 Å². The highest BCUT2D eigenvalue weighted by atomic mass is 19.3. The molecule has 1 atom stereocenters. The van der Waals surface area contributed by atoms with E-state index in [9.17, 15) is 8.78 Å². The predicted molar refractivity (Wildman–Crippen MR) is 65.1 cm³/mol. The minimum absolute atomic E-state index is 0.134. The second-order valence-electron chi connectivity index (χ2n) is 4.67. The van der Waals surface area contributed by atoms with Crippen LogP contribution in [0.2, 0.25) is 0 Å². The molecule has 0 aliphatic heterocycles. The molecule has 100 valence electrons. The summed E-state index contributed by atoms with van der Waals surface area (Å²) in [5, 5.41) is 0. The van der Waals surface area contributed by atoms with Crippen molar-refractivity contribution in [1.29, 1.82) is 0 Å². The van der Waals surface area contributed by atoms with Gasteiger partial charge < -0.3 is 4.74 Å². The minimum atomic E-state index is -2.81. The first-order valence-corrected chi connectivity index (χ1v) is 6.20. The molecule has 1 aromatic rings. The predicted octanol–water partition coefficient (Wildman–Crippen LogP) is 2.98. The van der Waals surface area contributed by atoms with Gasteiger partial charge in [0.1, 0.15) is 5.75 Å². The van der Waals surface area contributed by atoms with Crippen molar-refractivity contribution < 1.29 is 13.5 Å². The smallest absolute Gasteiger partial charge is 0.387 e. The summed E-state index contributed by atoms with van der Waals surface area (Å²) in [4.78, 5) is 0. The summed E-state index contributed by atoms with van der Waals surface area (Å²) in [6.45, 7) is -2.81. The molecule has 5 heteroatoms. The SMILES string of the molecule is NNC(CC1CCC1)c1ccccc1OC(F)F. The fraction of sp³-hybridized carbons (Fsp3) is 0.538. The van der Waals surface area contributed by atoms with E-state index in [1.165, 1.54) is 19.3 Å². The number of nitrogens with one attached hydrogen (secondary N) is 1. The van der Waals surface area contributed by atoms with Crippen LogP contribution in [-0.4, -0.2) is 6.61 Å². The first-order chi connectivity index (χ1) is 8.70. The number of benzene rings is 1. The summed E-state index contributed by atoms with van der Waals surface area (Å²) < 4.78 is 29.2. The molecule has 1 aliphatic rings. The molecule has 18 heavy (non-hydrogen) atoms. The molecule has 1 fully saturated rings. The fourth-order valence-electron chi connectivity index (χ4n) is 2.32. The lowest BCUT2D eigenvalue weighted by atomic mass is 9.79. The van der Waals surface area contributed by atoms with Crippen LogP contribution < -0.4 is 16.0 Å². The van der Waals surface area contributed by atoms with E-state index < -0.39 is 6.61 Å². The Hall–Kier alpha value is -1.20. The molecule has 0 amide bonds. The number of halogens is 2. The summed E-state index contributed by atoms with van der Waals surface area (Å²) in [7, 11) is 0. The molecule has 3 nitrogen and oxygen atoms in total. The third kappa shape index (κ3) is 3.17. The topological polar surface area (TPSA) is 47.3 Å². The number of para-hydroxylation sites is 1. The first kappa shape index (κ1) is 13.2. The Morgan fingerprint density at radius 2 is 2.06 bits per heavy atom. The molecule has 0 heterocycles. The molecule has 1 saturated carbocycles. The van der Waals surface area contributed by atoms with Crippen LogP contribution in [-0.2, 0) is 0 Å². The van der Waals surface area contributed by atoms with E-state index in [1.807, 2.05) is 0 Å². The maximum Gasteiger partial charge on any atom is 0.387 e. The van der Waals surface area contributed by atoms with Crippen molar-refractivity contribution in [2.24, 2.45) is 11.8 Å². The van der Waals surface area contributed by atoms with Crippen LogP contribution in [0, 0.1) is 5.92 Å².